The zero-order valence-corrected chi connectivity index (χ0v) is 19.2. The number of benzene rings is 2. The largest absolute Gasteiger partial charge is 0.489 e. The molecule has 0 unspecified atom stereocenters. The third-order valence-corrected chi connectivity index (χ3v) is 6.85. The van der Waals surface area contributed by atoms with Crippen LogP contribution in [-0.2, 0) is 22.7 Å². The average Bonchev–Trinajstić information content (AvgIpc) is 3.55. The predicted octanol–water partition coefficient (Wildman–Crippen LogP) is 5.08. The maximum Gasteiger partial charge on any atom is 0.231 e. The van der Waals surface area contributed by atoms with Gasteiger partial charge in [-0.1, -0.05) is 37.5 Å². The van der Waals surface area contributed by atoms with Crippen molar-refractivity contribution in [2.45, 2.75) is 64.2 Å². The summed E-state index contributed by atoms with van der Waals surface area (Å²) in [6.07, 6.45) is 7.93. The lowest BCUT2D eigenvalue weighted by atomic mass is 9.88. The van der Waals surface area contributed by atoms with E-state index in [1.807, 2.05) is 35.2 Å². The van der Waals surface area contributed by atoms with Gasteiger partial charge in [-0.3, -0.25) is 4.79 Å². The molecule has 33 heavy (non-hydrogen) atoms. The molecule has 2 aliphatic heterocycles. The number of rotatable bonds is 8. The van der Waals surface area contributed by atoms with Gasteiger partial charge in [-0.05, 0) is 61.1 Å². The summed E-state index contributed by atoms with van der Waals surface area (Å²) < 4.78 is 22.6. The van der Waals surface area contributed by atoms with Crippen LogP contribution in [-0.4, -0.2) is 36.9 Å². The number of carbonyl (C=O) groups excluding carboxylic acids is 1. The molecule has 1 saturated carbocycles. The molecule has 3 aliphatic rings. The summed E-state index contributed by atoms with van der Waals surface area (Å²) >= 11 is 0. The van der Waals surface area contributed by atoms with E-state index in [0.717, 1.165) is 60.7 Å². The summed E-state index contributed by atoms with van der Waals surface area (Å²) in [6.45, 7) is 2.86. The Bertz CT molecular complexity index is 932. The molecule has 2 aromatic rings. The zero-order valence-electron chi connectivity index (χ0n) is 19.2. The molecule has 2 aromatic carbocycles. The van der Waals surface area contributed by atoms with Gasteiger partial charge in [-0.2, -0.15) is 0 Å². The molecule has 0 aromatic heterocycles. The number of amides is 1. The SMILES string of the molecule is O=C(C1CCCCC1)N(Cc1ccc(OCc2ccc3c(c2)OCO3)cc1)C[C@H]1CCCO1. The number of carbonyl (C=O) groups is 1. The van der Waals surface area contributed by atoms with Crippen LogP contribution in [0.15, 0.2) is 42.5 Å². The molecule has 1 aliphatic carbocycles. The van der Waals surface area contributed by atoms with Crippen molar-refractivity contribution in [3.63, 3.8) is 0 Å². The molecule has 5 rings (SSSR count). The van der Waals surface area contributed by atoms with E-state index in [1.54, 1.807) is 0 Å². The van der Waals surface area contributed by atoms with Gasteiger partial charge in [0, 0.05) is 25.6 Å². The van der Waals surface area contributed by atoms with Crippen molar-refractivity contribution in [2.75, 3.05) is 19.9 Å². The molecule has 6 nitrogen and oxygen atoms in total. The van der Waals surface area contributed by atoms with Crippen LogP contribution in [0.2, 0.25) is 0 Å². The quantitative estimate of drug-likeness (QED) is 0.560. The molecule has 1 amide bonds. The third kappa shape index (κ3) is 5.61. The van der Waals surface area contributed by atoms with Crippen molar-refractivity contribution < 1.29 is 23.7 Å². The summed E-state index contributed by atoms with van der Waals surface area (Å²) in [5.74, 6) is 2.82. The Kier molecular flexibility index (Phi) is 7.01. The Labute approximate surface area is 195 Å². The normalized spacial score (nSPS) is 20.1. The number of hydrogen-bond donors (Lipinski definition) is 0. The van der Waals surface area contributed by atoms with Crippen LogP contribution in [0.5, 0.6) is 17.2 Å². The number of ether oxygens (including phenoxy) is 4. The lowest BCUT2D eigenvalue weighted by Crippen LogP contribution is -2.41. The molecule has 1 saturated heterocycles. The molecule has 6 heteroatoms. The van der Waals surface area contributed by atoms with E-state index in [0.29, 0.717) is 25.6 Å². The first-order valence-corrected chi connectivity index (χ1v) is 12.3. The highest BCUT2D eigenvalue weighted by Gasteiger charge is 2.29. The van der Waals surface area contributed by atoms with E-state index >= 15 is 0 Å². The first-order valence-electron chi connectivity index (χ1n) is 12.3. The zero-order chi connectivity index (χ0) is 22.5. The molecule has 176 valence electrons. The van der Waals surface area contributed by atoms with E-state index in [1.165, 1.54) is 19.3 Å². The summed E-state index contributed by atoms with van der Waals surface area (Å²) in [4.78, 5) is 15.4. The molecule has 2 fully saturated rings. The van der Waals surface area contributed by atoms with Crippen LogP contribution in [0.4, 0.5) is 0 Å². The maximum atomic E-state index is 13.3. The van der Waals surface area contributed by atoms with Crippen LogP contribution in [0.25, 0.3) is 0 Å². The van der Waals surface area contributed by atoms with Gasteiger partial charge in [0.05, 0.1) is 6.10 Å². The lowest BCUT2D eigenvalue weighted by Gasteiger charge is -2.31. The van der Waals surface area contributed by atoms with Crippen LogP contribution in [0, 0.1) is 5.92 Å². The van der Waals surface area contributed by atoms with Crippen LogP contribution in [0.1, 0.15) is 56.1 Å². The second kappa shape index (κ2) is 10.5. The van der Waals surface area contributed by atoms with E-state index in [9.17, 15) is 4.79 Å². The topological polar surface area (TPSA) is 57.2 Å². The fourth-order valence-electron chi connectivity index (χ4n) is 4.98. The Morgan fingerprint density at radius 1 is 0.909 bits per heavy atom. The van der Waals surface area contributed by atoms with E-state index < -0.39 is 0 Å². The van der Waals surface area contributed by atoms with E-state index in [-0.39, 0.29) is 18.8 Å². The summed E-state index contributed by atoms with van der Waals surface area (Å²) in [5, 5.41) is 0. The smallest absolute Gasteiger partial charge is 0.231 e. The molecule has 0 bridgehead atoms. The summed E-state index contributed by atoms with van der Waals surface area (Å²) in [6, 6.07) is 13.9. The van der Waals surface area contributed by atoms with Gasteiger partial charge in [0.25, 0.3) is 0 Å². The minimum Gasteiger partial charge on any atom is -0.489 e. The van der Waals surface area contributed by atoms with Gasteiger partial charge < -0.3 is 23.8 Å². The third-order valence-electron chi connectivity index (χ3n) is 6.85. The molecule has 0 N–H and O–H groups in total. The fourth-order valence-corrected chi connectivity index (χ4v) is 4.98. The molecule has 0 radical (unpaired) electrons. The van der Waals surface area contributed by atoms with Crippen molar-refractivity contribution >= 4 is 5.91 Å². The van der Waals surface area contributed by atoms with Gasteiger partial charge in [0.15, 0.2) is 11.5 Å². The molecular formula is C27H33NO5. The summed E-state index contributed by atoms with van der Waals surface area (Å²) in [7, 11) is 0. The first kappa shape index (κ1) is 22.1. The van der Waals surface area contributed by atoms with Gasteiger partial charge in [0.1, 0.15) is 12.4 Å². The highest BCUT2D eigenvalue weighted by molar-refractivity contribution is 5.79. The fraction of sp³-hybridized carbons (Fsp3) is 0.519. The van der Waals surface area contributed by atoms with Crippen molar-refractivity contribution in [2.24, 2.45) is 5.92 Å². The number of fused-ring (bicyclic) bond motifs is 1. The van der Waals surface area contributed by atoms with E-state index in [2.05, 4.69) is 12.1 Å². The Balaban J connectivity index is 1.20. The highest BCUT2D eigenvalue weighted by Crippen LogP contribution is 2.33. The average molecular weight is 452 g/mol. The minimum atomic E-state index is 0.168. The molecule has 1 atom stereocenters. The van der Waals surface area contributed by atoms with Crippen LogP contribution < -0.4 is 14.2 Å². The Morgan fingerprint density at radius 2 is 1.70 bits per heavy atom. The van der Waals surface area contributed by atoms with E-state index in [4.69, 9.17) is 18.9 Å². The van der Waals surface area contributed by atoms with Crippen molar-refractivity contribution in [1.82, 2.24) is 4.90 Å². The van der Waals surface area contributed by atoms with Gasteiger partial charge in [0.2, 0.25) is 12.7 Å². The predicted molar refractivity (Wildman–Crippen MR) is 124 cm³/mol. The highest BCUT2D eigenvalue weighted by atomic mass is 16.7. The second-order valence-corrected chi connectivity index (χ2v) is 9.31. The van der Waals surface area contributed by atoms with Crippen molar-refractivity contribution in [3.05, 3.63) is 53.6 Å². The standard InChI is InChI=1S/C27H33NO5/c29-27(22-5-2-1-3-6-22)28(17-24-7-4-14-30-24)16-20-8-11-23(12-9-20)31-18-21-10-13-25-26(15-21)33-19-32-25/h8-13,15,22,24H,1-7,14,16-19H2/t24-/m1/s1. The maximum absolute atomic E-state index is 13.3. The molecule has 2 heterocycles. The van der Waals surface area contributed by atoms with Crippen molar-refractivity contribution in [3.8, 4) is 17.2 Å². The van der Waals surface area contributed by atoms with Crippen LogP contribution in [0.3, 0.4) is 0 Å². The number of nitrogens with zero attached hydrogens (tertiary/aromatic N) is 1. The Morgan fingerprint density at radius 3 is 2.48 bits per heavy atom. The lowest BCUT2D eigenvalue weighted by molar-refractivity contribution is -0.138. The first-order chi connectivity index (χ1) is 16.2. The molecular weight excluding hydrogens is 418 g/mol. The minimum absolute atomic E-state index is 0.168. The summed E-state index contributed by atoms with van der Waals surface area (Å²) in [5.41, 5.74) is 2.15. The van der Waals surface area contributed by atoms with Gasteiger partial charge >= 0.3 is 0 Å². The number of hydrogen-bond acceptors (Lipinski definition) is 5. The van der Waals surface area contributed by atoms with Gasteiger partial charge in [-0.25, -0.2) is 0 Å². The van der Waals surface area contributed by atoms with Gasteiger partial charge in [-0.15, -0.1) is 0 Å². The monoisotopic (exact) mass is 451 g/mol. The molecule has 0 spiro atoms. The Hall–Kier alpha value is -2.73. The second-order valence-electron chi connectivity index (χ2n) is 9.31. The van der Waals surface area contributed by atoms with Crippen molar-refractivity contribution in [1.29, 1.82) is 0 Å². The van der Waals surface area contributed by atoms with Crippen LogP contribution >= 0.6 is 0 Å².